The molecule has 1 aromatic carbocycles. The number of hydrogen-bond donors (Lipinski definition) is 1. The minimum Gasteiger partial charge on any atom is -0.322 e. The van der Waals surface area contributed by atoms with Gasteiger partial charge in [0.2, 0.25) is 11.8 Å². The molecule has 8 heteroatoms. The fraction of sp³-hybridized carbons (Fsp3) is 0.524. The number of nitrogens with two attached hydrogens (primary N) is 1. The Bertz CT molecular complexity index is 947. The number of nitriles is 1. The molecular weight excluding hydrogens is 368 g/mol. The molecule has 5 rings (SSSR count). The van der Waals surface area contributed by atoms with Crippen LogP contribution < -0.4 is 10.6 Å². The lowest BCUT2D eigenvalue weighted by Crippen LogP contribution is -2.57. The lowest BCUT2D eigenvalue weighted by Gasteiger charge is -2.35. The maximum absolute atomic E-state index is 12.9. The molecule has 3 aliphatic heterocycles. The van der Waals surface area contributed by atoms with Gasteiger partial charge in [-0.25, -0.2) is 4.85 Å². The van der Waals surface area contributed by atoms with Crippen molar-refractivity contribution in [2.45, 2.75) is 49.5 Å². The van der Waals surface area contributed by atoms with Gasteiger partial charge in [0, 0.05) is 24.8 Å². The molecule has 2 bridgehead atoms. The van der Waals surface area contributed by atoms with Crippen LogP contribution in [0.4, 0.5) is 11.4 Å². The van der Waals surface area contributed by atoms with E-state index in [4.69, 9.17) is 12.3 Å². The highest BCUT2D eigenvalue weighted by atomic mass is 16.2. The molecule has 148 valence electrons. The largest absolute Gasteiger partial charge is 0.322 e. The maximum atomic E-state index is 12.9. The van der Waals surface area contributed by atoms with Crippen LogP contribution in [0.25, 0.3) is 4.85 Å². The van der Waals surface area contributed by atoms with Crippen LogP contribution in [0.5, 0.6) is 0 Å². The number of benzene rings is 1. The van der Waals surface area contributed by atoms with E-state index < -0.39 is 6.04 Å². The third-order valence-corrected chi connectivity index (χ3v) is 6.78. The van der Waals surface area contributed by atoms with E-state index in [1.54, 1.807) is 17.0 Å². The number of nitrogens with zero attached hydrogens (tertiary/aromatic N) is 5. The Balaban J connectivity index is 1.24. The second-order valence-corrected chi connectivity index (χ2v) is 8.49. The minimum atomic E-state index is -0.719. The molecule has 2 N–H and O–H groups in total. The zero-order valence-corrected chi connectivity index (χ0v) is 15.9. The van der Waals surface area contributed by atoms with Crippen LogP contribution in [-0.4, -0.2) is 64.9 Å². The number of piperidine rings is 1. The topological polar surface area (TPSA) is 98.0 Å². The Kier molecular flexibility index (Phi) is 4.09. The van der Waals surface area contributed by atoms with Gasteiger partial charge in [-0.05, 0) is 37.3 Å². The summed E-state index contributed by atoms with van der Waals surface area (Å²) in [6, 6.07) is 8.20. The summed E-state index contributed by atoms with van der Waals surface area (Å²) < 4.78 is 0. The molecule has 1 saturated carbocycles. The number of rotatable bonds is 4. The van der Waals surface area contributed by atoms with Gasteiger partial charge in [0.05, 0.1) is 30.8 Å². The van der Waals surface area contributed by atoms with Crippen molar-refractivity contribution in [3.63, 3.8) is 0 Å². The Morgan fingerprint density at radius 3 is 2.72 bits per heavy atom. The van der Waals surface area contributed by atoms with Crippen LogP contribution >= 0.6 is 0 Å². The summed E-state index contributed by atoms with van der Waals surface area (Å²) in [4.78, 5) is 34.7. The van der Waals surface area contributed by atoms with Crippen molar-refractivity contribution in [2.24, 2.45) is 11.7 Å². The van der Waals surface area contributed by atoms with E-state index >= 15 is 0 Å². The number of likely N-dealkylation sites (tertiary alicyclic amines) is 2. The molecule has 4 aliphatic rings. The number of hydrogen-bond acceptors (Lipinski definition) is 5. The van der Waals surface area contributed by atoms with Gasteiger partial charge < -0.3 is 15.5 Å². The van der Waals surface area contributed by atoms with Crippen molar-refractivity contribution in [3.8, 4) is 6.07 Å². The van der Waals surface area contributed by atoms with E-state index in [0.29, 0.717) is 24.7 Å². The first-order chi connectivity index (χ1) is 14.0. The Hall–Kier alpha value is -2.94. The molecule has 8 nitrogen and oxygen atoms in total. The maximum Gasteiger partial charge on any atom is 0.244 e. The molecule has 3 heterocycles. The quantitative estimate of drug-likeness (QED) is 0.769. The predicted molar refractivity (Wildman–Crippen MR) is 105 cm³/mol. The SMILES string of the molecule is [C-]#[N+]c1ccc(N2C(=O)[C@H]3C[C@@H]2CN3C[C@H](N)C(=O)N2C3C[C@H]3C[C@H]2C#N)cc1. The summed E-state index contributed by atoms with van der Waals surface area (Å²) in [7, 11) is 0. The van der Waals surface area contributed by atoms with Crippen molar-refractivity contribution < 1.29 is 9.59 Å². The average molecular weight is 390 g/mol. The van der Waals surface area contributed by atoms with Gasteiger partial charge in [0.15, 0.2) is 5.69 Å². The summed E-state index contributed by atoms with van der Waals surface area (Å²) in [6.45, 7) is 8.06. The van der Waals surface area contributed by atoms with E-state index in [1.165, 1.54) is 0 Å². The lowest BCUT2D eigenvalue weighted by molar-refractivity contribution is -0.135. The first-order valence-electron chi connectivity index (χ1n) is 10.0. The molecule has 1 unspecified atom stereocenters. The zero-order valence-electron chi connectivity index (χ0n) is 15.9. The van der Waals surface area contributed by atoms with E-state index in [1.807, 2.05) is 21.9 Å². The second kappa shape index (κ2) is 6.55. The predicted octanol–water partition coefficient (Wildman–Crippen LogP) is 0.867. The average Bonchev–Trinajstić information content (AvgIpc) is 3.07. The fourth-order valence-electron chi connectivity index (χ4n) is 5.30. The zero-order chi connectivity index (χ0) is 20.3. The number of anilines is 1. The Morgan fingerprint density at radius 2 is 2.07 bits per heavy atom. The third kappa shape index (κ3) is 2.79. The van der Waals surface area contributed by atoms with E-state index in [9.17, 15) is 14.9 Å². The van der Waals surface area contributed by atoms with Gasteiger partial charge in [-0.2, -0.15) is 5.26 Å². The summed E-state index contributed by atoms with van der Waals surface area (Å²) in [5, 5.41) is 9.32. The smallest absolute Gasteiger partial charge is 0.244 e. The molecule has 0 radical (unpaired) electrons. The number of carbonyl (C=O) groups is 2. The van der Waals surface area contributed by atoms with Gasteiger partial charge >= 0.3 is 0 Å². The minimum absolute atomic E-state index is 0.0230. The monoisotopic (exact) mass is 390 g/mol. The highest BCUT2D eigenvalue weighted by Gasteiger charge is 2.55. The number of amides is 2. The summed E-state index contributed by atoms with van der Waals surface area (Å²) >= 11 is 0. The molecule has 4 fully saturated rings. The number of piperazine rings is 1. The van der Waals surface area contributed by atoms with Gasteiger partial charge in [0.25, 0.3) is 0 Å². The first kappa shape index (κ1) is 18.1. The van der Waals surface area contributed by atoms with Crippen molar-refractivity contribution >= 4 is 23.2 Å². The third-order valence-electron chi connectivity index (χ3n) is 6.78. The summed E-state index contributed by atoms with van der Waals surface area (Å²) in [6.07, 6.45) is 2.46. The van der Waals surface area contributed by atoms with Crippen molar-refractivity contribution in [1.82, 2.24) is 9.80 Å². The first-order valence-corrected chi connectivity index (χ1v) is 10.0. The molecular formula is C21H22N6O2. The van der Waals surface area contributed by atoms with Gasteiger partial charge in [-0.15, -0.1) is 0 Å². The Labute approximate surface area is 169 Å². The van der Waals surface area contributed by atoms with Crippen LogP contribution in [-0.2, 0) is 9.59 Å². The highest BCUT2D eigenvalue weighted by Crippen LogP contribution is 2.47. The van der Waals surface area contributed by atoms with Crippen LogP contribution in [0, 0.1) is 23.8 Å². The van der Waals surface area contributed by atoms with Crippen molar-refractivity contribution in [3.05, 3.63) is 35.7 Å². The van der Waals surface area contributed by atoms with Crippen LogP contribution in [0.3, 0.4) is 0 Å². The lowest BCUT2D eigenvalue weighted by atomic mass is 10.1. The summed E-state index contributed by atoms with van der Waals surface area (Å²) in [5.41, 5.74) is 7.59. The van der Waals surface area contributed by atoms with E-state index in [-0.39, 0.29) is 36.0 Å². The molecule has 1 aromatic rings. The van der Waals surface area contributed by atoms with Gasteiger partial charge in [-0.1, -0.05) is 12.1 Å². The molecule has 2 amide bonds. The highest BCUT2D eigenvalue weighted by molar-refractivity contribution is 6.01. The normalized spacial score (nSPS) is 33.3. The molecule has 0 aromatic heterocycles. The van der Waals surface area contributed by atoms with Gasteiger partial charge in [-0.3, -0.25) is 14.5 Å². The molecule has 29 heavy (non-hydrogen) atoms. The van der Waals surface area contributed by atoms with Crippen molar-refractivity contribution in [2.75, 3.05) is 18.0 Å². The molecule has 3 saturated heterocycles. The van der Waals surface area contributed by atoms with E-state index in [2.05, 4.69) is 10.9 Å². The van der Waals surface area contributed by atoms with E-state index in [0.717, 1.165) is 24.9 Å². The number of fused-ring (bicyclic) bond motifs is 3. The fourth-order valence-corrected chi connectivity index (χ4v) is 5.30. The second-order valence-electron chi connectivity index (χ2n) is 8.49. The van der Waals surface area contributed by atoms with Crippen LogP contribution in [0.15, 0.2) is 24.3 Å². The molecule has 1 aliphatic carbocycles. The molecule has 6 atom stereocenters. The Morgan fingerprint density at radius 1 is 1.31 bits per heavy atom. The summed E-state index contributed by atoms with van der Waals surface area (Å²) in [5.74, 6) is 0.320. The number of carbonyl (C=O) groups excluding carboxylic acids is 2. The van der Waals surface area contributed by atoms with Crippen LogP contribution in [0.2, 0.25) is 0 Å². The van der Waals surface area contributed by atoms with Gasteiger partial charge in [0.1, 0.15) is 6.04 Å². The standard InChI is InChI=1S/C21H22N6O2/c1-24-13-2-4-14(5-3-13)26-16-8-19(21(26)29)25(10-16)11-17(23)20(28)27-15(9-22)6-12-7-18(12)27/h2-5,12,15-19H,6-8,10-11,23H2/t12-,15+,16-,17+,18?,19-/m1/s1. The van der Waals surface area contributed by atoms with Crippen LogP contribution in [0.1, 0.15) is 19.3 Å². The van der Waals surface area contributed by atoms with Crippen molar-refractivity contribution in [1.29, 1.82) is 5.26 Å². The molecule has 0 spiro atoms.